The van der Waals surface area contributed by atoms with Crippen LogP contribution in [0.4, 0.5) is 0 Å². The van der Waals surface area contributed by atoms with Gasteiger partial charge in [0.15, 0.2) is 11.5 Å². The van der Waals surface area contributed by atoms with Gasteiger partial charge in [0.25, 0.3) is 0 Å². The Morgan fingerprint density at radius 1 is 1.38 bits per heavy atom. The summed E-state index contributed by atoms with van der Waals surface area (Å²) in [5.74, 6) is 2.16. The zero-order valence-corrected chi connectivity index (χ0v) is 12.1. The summed E-state index contributed by atoms with van der Waals surface area (Å²) in [6.45, 7) is 2.54. The van der Waals surface area contributed by atoms with E-state index >= 15 is 0 Å². The van der Waals surface area contributed by atoms with E-state index in [9.17, 15) is 0 Å². The van der Waals surface area contributed by atoms with Crippen molar-refractivity contribution in [1.82, 2.24) is 15.0 Å². The predicted octanol–water partition coefficient (Wildman–Crippen LogP) is 1.01. The molecule has 0 spiro atoms. The summed E-state index contributed by atoms with van der Waals surface area (Å²) in [6.07, 6.45) is 2.52. The number of ether oxygens (including phenoxy) is 3. The molecule has 1 aliphatic heterocycles. The first-order chi connectivity index (χ1) is 10.1. The van der Waals surface area contributed by atoms with Gasteiger partial charge in [0.05, 0.1) is 6.20 Å². The van der Waals surface area contributed by atoms with Gasteiger partial charge in [-0.3, -0.25) is 4.68 Å². The molecule has 0 amide bonds. The van der Waals surface area contributed by atoms with Crippen molar-refractivity contribution < 1.29 is 14.2 Å². The van der Waals surface area contributed by atoms with Crippen molar-refractivity contribution in [2.75, 3.05) is 6.79 Å². The van der Waals surface area contributed by atoms with E-state index in [0.717, 1.165) is 22.8 Å². The number of fused-ring (bicyclic) bond motifs is 1. The van der Waals surface area contributed by atoms with Crippen LogP contribution < -0.4 is 19.9 Å². The lowest BCUT2D eigenvalue weighted by Crippen LogP contribution is -2.18. The van der Waals surface area contributed by atoms with Crippen LogP contribution in [0.5, 0.6) is 17.2 Å². The van der Waals surface area contributed by atoms with Crippen LogP contribution in [0.1, 0.15) is 18.2 Å². The summed E-state index contributed by atoms with van der Waals surface area (Å²) in [5, 5.41) is 7.88. The molecule has 0 fully saturated rings. The van der Waals surface area contributed by atoms with Gasteiger partial charge in [-0.1, -0.05) is 5.21 Å². The average Bonchev–Trinajstić information content (AvgIpc) is 3.03. The first-order valence-corrected chi connectivity index (χ1v) is 6.78. The molecule has 2 heterocycles. The standard InChI is InChI=1S/C14H18N4O3/c1-9(15)3-10-4-13-14(21-8-20-13)5-12(10)19-7-11-6-18(2)17-16-11/h4-6,9H,3,7-8,15H2,1-2H3. The van der Waals surface area contributed by atoms with E-state index in [0.29, 0.717) is 18.8 Å². The Morgan fingerprint density at radius 3 is 2.81 bits per heavy atom. The van der Waals surface area contributed by atoms with Gasteiger partial charge < -0.3 is 19.9 Å². The van der Waals surface area contributed by atoms with E-state index < -0.39 is 0 Å². The minimum absolute atomic E-state index is 0.0317. The van der Waals surface area contributed by atoms with E-state index in [2.05, 4.69) is 10.3 Å². The van der Waals surface area contributed by atoms with Gasteiger partial charge in [-0.15, -0.1) is 5.10 Å². The second kappa shape index (κ2) is 5.61. The van der Waals surface area contributed by atoms with Crippen LogP contribution in [-0.2, 0) is 20.1 Å². The molecule has 0 saturated heterocycles. The maximum absolute atomic E-state index is 5.90. The molecule has 1 aliphatic rings. The Bertz CT molecular complexity index is 639. The van der Waals surface area contributed by atoms with E-state index in [4.69, 9.17) is 19.9 Å². The van der Waals surface area contributed by atoms with Crippen LogP contribution in [0.25, 0.3) is 0 Å². The van der Waals surface area contributed by atoms with Crippen molar-refractivity contribution in [3.63, 3.8) is 0 Å². The fourth-order valence-electron chi connectivity index (χ4n) is 2.22. The molecule has 0 aliphatic carbocycles. The number of aromatic nitrogens is 3. The normalized spacial score (nSPS) is 14.2. The highest BCUT2D eigenvalue weighted by molar-refractivity contribution is 5.52. The summed E-state index contributed by atoms with van der Waals surface area (Å²) < 4.78 is 18.3. The van der Waals surface area contributed by atoms with Crippen LogP contribution in [-0.4, -0.2) is 27.8 Å². The van der Waals surface area contributed by atoms with E-state index in [1.165, 1.54) is 0 Å². The average molecular weight is 290 g/mol. The first kappa shape index (κ1) is 13.7. The predicted molar refractivity (Wildman–Crippen MR) is 75.3 cm³/mol. The van der Waals surface area contributed by atoms with Crippen molar-refractivity contribution in [3.05, 3.63) is 29.6 Å². The maximum Gasteiger partial charge on any atom is 0.231 e. The molecule has 3 rings (SSSR count). The Kier molecular flexibility index (Phi) is 3.66. The van der Waals surface area contributed by atoms with Crippen molar-refractivity contribution in [3.8, 4) is 17.2 Å². The van der Waals surface area contributed by atoms with Crippen LogP contribution in [0.2, 0.25) is 0 Å². The summed E-state index contributed by atoms with van der Waals surface area (Å²) in [5.41, 5.74) is 7.66. The van der Waals surface area contributed by atoms with Crippen LogP contribution >= 0.6 is 0 Å². The molecule has 112 valence electrons. The Labute approximate surface area is 122 Å². The molecule has 2 N–H and O–H groups in total. The molecule has 0 saturated carbocycles. The lowest BCUT2D eigenvalue weighted by atomic mass is 10.1. The molecule has 7 heteroatoms. The van der Waals surface area contributed by atoms with Gasteiger partial charge in [-0.2, -0.15) is 0 Å². The highest BCUT2D eigenvalue weighted by Gasteiger charge is 2.19. The van der Waals surface area contributed by atoms with Crippen molar-refractivity contribution in [1.29, 1.82) is 0 Å². The van der Waals surface area contributed by atoms with Crippen LogP contribution in [0.3, 0.4) is 0 Å². The fourth-order valence-corrected chi connectivity index (χ4v) is 2.22. The third-order valence-electron chi connectivity index (χ3n) is 3.12. The third kappa shape index (κ3) is 3.08. The van der Waals surface area contributed by atoms with Gasteiger partial charge in [0, 0.05) is 19.2 Å². The number of aryl methyl sites for hydroxylation is 1. The van der Waals surface area contributed by atoms with Gasteiger partial charge in [-0.25, -0.2) is 0 Å². The highest BCUT2D eigenvalue weighted by Crippen LogP contribution is 2.38. The summed E-state index contributed by atoms with van der Waals surface area (Å²) in [7, 11) is 1.82. The molecule has 21 heavy (non-hydrogen) atoms. The molecule has 7 nitrogen and oxygen atoms in total. The van der Waals surface area contributed by atoms with Crippen molar-refractivity contribution in [2.45, 2.75) is 26.0 Å². The smallest absolute Gasteiger partial charge is 0.231 e. The molecule has 2 aromatic rings. The molecular weight excluding hydrogens is 272 g/mol. The van der Waals surface area contributed by atoms with Gasteiger partial charge in [-0.05, 0) is 25.0 Å². The molecule has 0 bridgehead atoms. The lowest BCUT2D eigenvalue weighted by molar-refractivity contribution is 0.173. The zero-order valence-electron chi connectivity index (χ0n) is 12.1. The molecule has 1 atom stereocenters. The second-order valence-electron chi connectivity index (χ2n) is 5.17. The quantitative estimate of drug-likeness (QED) is 0.884. The molecule has 1 unspecified atom stereocenters. The van der Waals surface area contributed by atoms with Crippen LogP contribution in [0, 0.1) is 0 Å². The van der Waals surface area contributed by atoms with Crippen LogP contribution in [0.15, 0.2) is 18.3 Å². The monoisotopic (exact) mass is 290 g/mol. The van der Waals surface area contributed by atoms with Gasteiger partial charge in [0.2, 0.25) is 6.79 Å². The number of nitrogens with two attached hydrogens (primary N) is 1. The highest BCUT2D eigenvalue weighted by atomic mass is 16.7. The maximum atomic E-state index is 5.90. The Hall–Kier alpha value is -2.28. The number of hydrogen-bond donors (Lipinski definition) is 1. The summed E-state index contributed by atoms with van der Waals surface area (Å²) in [6, 6.07) is 3.80. The largest absolute Gasteiger partial charge is 0.487 e. The van der Waals surface area contributed by atoms with Crippen molar-refractivity contribution >= 4 is 0 Å². The Morgan fingerprint density at radius 2 is 2.14 bits per heavy atom. The summed E-state index contributed by atoms with van der Waals surface area (Å²) in [4.78, 5) is 0. The summed E-state index contributed by atoms with van der Waals surface area (Å²) >= 11 is 0. The molecule has 1 aromatic carbocycles. The molecule has 1 aromatic heterocycles. The number of rotatable bonds is 5. The van der Waals surface area contributed by atoms with E-state index in [1.807, 2.05) is 32.3 Å². The number of nitrogens with zero attached hydrogens (tertiary/aromatic N) is 3. The second-order valence-corrected chi connectivity index (χ2v) is 5.17. The number of benzene rings is 1. The Balaban J connectivity index is 1.81. The van der Waals surface area contributed by atoms with Gasteiger partial charge >= 0.3 is 0 Å². The minimum atomic E-state index is 0.0317. The zero-order chi connectivity index (χ0) is 14.8. The molecule has 0 radical (unpaired) electrons. The minimum Gasteiger partial charge on any atom is -0.487 e. The molecular formula is C14H18N4O3. The third-order valence-corrected chi connectivity index (χ3v) is 3.12. The fraction of sp³-hybridized carbons (Fsp3) is 0.429. The van der Waals surface area contributed by atoms with Gasteiger partial charge in [0.1, 0.15) is 18.1 Å². The van der Waals surface area contributed by atoms with Crippen molar-refractivity contribution in [2.24, 2.45) is 12.8 Å². The topological polar surface area (TPSA) is 84.4 Å². The first-order valence-electron chi connectivity index (χ1n) is 6.78. The number of hydrogen-bond acceptors (Lipinski definition) is 6. The van der Waals surface area contributed by atoms with E-state index in [-0.39, 0.29) is 12.8 Å². The van der Waals surface area contributed by atoms with E-state index in [1.54, 1.807) is 4.68 Å². The lowest BCUT2D eigenvalue weighted by Gasteiger charge is -2.13. The SMILES string of the molecule is CC(N)Cc1cc2c(cc1OCc1cn(C)nn1)OCO2.